The second kappa shape index (κ2) is 9.85. The average Bonchev–Trinajstić information content (AvgIpc) is 2.74. The lowest BCUT2D eigenvalue weighted by atomic mass is 9.42. The zero-order valence-electron chi connectivity index (χ0n) is 18.6. The Hall–Kier alpha value is -2.03. The van der Waals surface area contributed by atoms with Crippen molar-refractivity contribution in [3.8, 4) is 0 Å². The highest BCUT2D eigenvalue weighted by Gasteiger charge is 2.58. The molecule has 0 aliphatic heterocycles. The second-order valence-electron chi connectivity index (χ2n) is 10.0. The first-order valence-electron chi connectivity index (χ1n) is 11.7. The Kier molecular flexibility index (Phi) is 7.12. The molecule has 0 radical (unpaired) electrons. The predicted molar refractivity (Wildman–Crippen MR) is 118 cm³/mol. The van der Waals surface area contributed by atoms with Gasteiger partial charge in [-0.3, -0.25) is 14.9 Å². The third kappa shape index (κ3) is 5.13. The summed E-state index contributed by atoms with van der Waals surface area (Å²) in [6.07, 6.45) is 7.30. The third-order valence-electron chi connectivity index (χ3n) is 7.58. The molecular weight excluding hydrogens is 412 g/mol. The van der Waals surface area contributed by atoms with Crippen molar-refractivity contribution in [2.45, 2.75) is 50.4 Å². The molecule has 32 heavy (non-hydrogen) atoms. The number of aliphatic hydroxyl groups is 1. The molecule has 5 rings (SSSR count). The summed E-state index contributed by atoms with van der Waals surface area (Å²) in [4.78, 5) is 23.5. The van der Waals surface area contributed by atoms with E-state index in [0.29, 0.717) is 51.2 Å². The standard InChI is InChI=1S/C24H34N2O6/c27-6-8-32-10-9-31-7-5-25-22(28)16-23-12-18-11-19(13-23)15-24(14-18,17-23)20-1-3-21(4-2-20)26(29)30/h1-4,18-19,27H,5-17H2,(H,25,28)/t18-,19+,23?,24?. The van der Waals surface area contributed by atoms with Crippen LogP contribution in [0, 0.1) is 27.4 Å². The number of nitro groups is 1. The number of amides is 1. The summed E-state index contributed by atoms with van der Waals surface area (Å²) in [7, 11) is 0. The van der Waals surface area contributed by atoms with Gasteiger partial charge in [-0.2, -0.15) is 0 Å². The zero-order chi connectivity index (χ0) is 22.6. The Morgan fingerprint density at radius 3 is 2.34 bits per heavy atom. The van der Waals surface area contributed by atoms with Crippen LogP contribution in [0.4, 0.5) is 5.69 Å². The quantitative estimate of drug-likeness (QED) is 0.290. The van der Waals surface area contributed by atoms with Gasteiger partial charge in [-0.05, 0) is 66.8 Å². The molecule has 4 atom stereocenters. The van der Waals surface area contributed by atoms with Crippen LogP contribution < -0.4 is 5.32 Å². The van der Waals surface area contributed by atoms with Gasteiger partial charge in [0.15, 0.2) is 0 Å². The number of rotatable bonds is 12. The van der Waals surface area contributed by atoms with E-state index < -0.39 is 0 Å². The summed E-state index contributed by atoms with van der Waals surface area (Å²) in [6, 6.07) is 7.14. The van der Waals surface area contributed by atoms with Crippen molar-refractivity contribution in [1.82, 2.24) is 5.32 Å². The van der Waals surface area contributed by atoms with E-state index in [0.717, 1.165) is 32.1 Å². The minimum absolute atomic E-state index is 0.00496. The molecule has 1 amide bonds. The SMILES string of the molecule is O=C(CC12C[C@H]3C[C@@H](C1)CC(c1ccc([N+](=O)[O-])cc1)(C3)C2)NCCOCCOCCO. The van der Waals surface area contributed by atoms with Gasteiger partial charge in [0.05, 0.1) is 38.0 Å². The highest BCUT2D eigenvalue weighted by molar-refractivity contribution is 5.76. The van der Waals surface area contributed by atoms with E-state index in [-0.39, 0.29) is 34.0 Å². The van der Waals surface area contributed by atoms with Crippen LogP contribution in [0.15, 0.2) is 24.3 Å². The lowest BCUT2D eigenvalue weighted by Crippen LogP contribution is -2.55. The van der Waals surface area contributed by atoms with Crippen LogP contribution in [-0.2, 0) is 19.7 Å². The first-order valence-corrected chi connectivity index (χ1v) is 11.7. The minimum Gasteiger partial charge on any atom is -0.394 e. The average molecular weight is 447 g/mol. The smallest absolute Gasteiger partial charge is 0.269 e. The van der Waals surface area contributed by atoms with Gasteiger partial charge in [0, 0.05) is 25.1 Å². The highest BCUT2D eigenvalue weighted by Crippen LogP contribution is 2.66. The number of ether oxygens (including phenoxy) is 2. The van der Waals surface area contributed by atoms with Crippen molar-refractivity contribution in [2.75, 3.05) is 39.6 Å². The summed E-state index contributed by atoms with van der Waals surface area (Å²) >= 11 is 0. The highest BCUT2D eigenvalue weighted by atomic mass is 16.6. The second-order valence-corrected chi connectivity index (χ2v) is 10.0. The molecule has 8 nitrogen and oxygen atoms in total. The molecule has 2 N–H and O–H groups in total. The van der Waals surface area contributed by atoms with Gasteiger partial charge in [0.1, 0.15) is 0 Å². The Morgan fingerprint density at radius 2 is 1.72 bits per heavy atom. The monoisotopic (exact) mass is 446 g/mol. The van der Waals surface area contributed by atoms with E-state index in [1.165, 1.54) is 12.0 Å². The van der Waals surface area contributed by atoms with Crippen LogP contribution in [-0.4, -0.2) is 55.5 Å². The van der Waals surface area contributed by atoms with Gasteiger partial charge in [-0.25, -0.2) is 0 Å². The molecule has 4 fully saturated rings. The van der Waals surface area contributed by atoms with E-state index in [9.17, 15) is 14.9 Å². The number of non-ortho nitro benzene ring substituents is 1. The van der Waals surface area contributed by atoms with Gasteiger partial charge < -0.3 is 19.9 Å². The molecule has 0 saturated heterocycles. The number of benzene rings is 1. The van der Waals surface area contributed by atoms with Crippen LogP contribution in [0.2, 0.25) is 0 Å². The van der Waals surface area contributed by atoms with Crippen molar-refractivity contribution < 1.29 is 24.3 Å². The summed E-state index contributed by atoms with van der Waals surface area (Å²) < 4.78 is 10.6. The van der Waals surface area contributed by atoms with Crippen molar-refractivity contribution in [3.63, 3.8) is 0 Å². The van der Waals surface area contributed by atoms with Crippen molar-refractivity contribution in [3.05, 3.63) is 39.9 Å². The van der Waals surface area contributed by atoms with Crippen LogP contribution in [0.5, 0.6) is 0 Å². The van der Waals surface area contributed by atoms with E-state index in [1.54, 1.807) is 12.1 Å². The first-order chi connectivity index (χ1) is 15.4. The van der Waals surface area contributed by atoms with E-state index in [1.807, 2.05) is 12.1 Å². The molecule has 2 unspecified atom stereocenters. The van der Waals surface area contributed by atoms with Gasteiger partial charge in [-0.15, -0.1) is 0 Å². The first kappa shape index (κ1) is 23.1. The number of nitrogens with one attached hydrogen (secondary N) is 1. The lowest BCUT2D eigenvalue weighted by molar-refractivity contribution is -0.384. The normalized spacial score (nSPS) is 30.4. The van der Waals surface area contributed by atoms with E-state index in [4.69, 9.17) is 14.6 Å². The van der Waals surface area contributed by atoms with Crippen LogP contribution in [0.3, 0.4) is 0 Å². The molecule has 0 heterocycles. The number of nitrogens with zero attached hydrogens (tertiary/aromatic N) is 1. The van der Waals surface area contributed by atoms with Crippen molar-refractivity contribution >= 4 is 11.6 Å². The van der Waals surface area contributed by atoms with Crippen molar-refractivity contribution in [1.29, 1.82) is 0 Å². The van der Waals surface area contributed by atoms with Gasteiger partial charge in [0.25, 0.3) is 5.69 Å². The fourth-order valence-electron chi connectivity index (χ4n) is 6.99. The fraction of sp³-hybridized carbons (Fsp3) is 0.708. The van der Waals surface area contributed by atoms with Crippen LogP contribution in [0.25, 0.3) is 0 Å². The molecule has 4 aliphatic carbocycles. The van der Waals surface area contributed by atoms with Crippen LogP contribution >= 0.6 is 0 Å². The Balaban J connectivity index is 1.32. The number of nitro benzene ring substituents is 1. The van der Waals surface area contributed by atoms with E-state index in [2.05, 4.69) is 5.32 Å². The predicted octanol–water partition coefficient (Wildman–Crippen LogP) is 2.96. The summed E-state index contributed by atoms with van der Waals surface area (Å²) in [5, 5.41) is 22.7. The molecular formula is C24H34N2O6. The molecule has 4 saturated carbocycles. The van der Waals surface area contributed by atoms with Gasteiger partial charge in [0.2, 0.25) is 5.91 Å². The maximum absolute atomic E-state index is 12.8. The fourth-order valence-corrected chi connectivity index (χ4v) is 6.99. The number of carbonyl (C=O) groups excluding carboxylic acids is 1. The molecule has 1 aromatic carbocycles. The summed E-state index contributed by atoms with van der Waals surface area (Å²) in [5.74, 6) is 1.37. The Labute approximate surface area is 188 Å². The third-order valence-corrected chi connectivity index (χ3v) is 7.58. The number of hydrogen-bond donors (Lipinski definition) is 2. The van der Waals surface area contributed by atoms with Crippen molar-refractivity contribution in [2.24, 2.45) is 17.3 Å². The van der Waals surface area contributed by atoms with Gasteiger partial charge >= 0.3 is 0 Å². The Morgan fingerprint density at radius 1 is 1.06 bits per heavy atom. The summed E-state index contributed by atoms with van der Waals surface area (Å²) in [6.45, 7) is 2.12. The largest absolute Gasteiger partial charge is 0.394 e. The molecule has 4 aliphatic rings. The minimum atomic E-state index is -0.346. The summed E-state index contributed by atoms with van der Waals surface area (Å²) in [5.41, 5.74) is 1.43. The maximum atomic E-state index is 12.8. The molecule has 176 valence electrons. The van der Waals surface area contributed by atoms with E-state index >= 15 is 0 Å². The number of aliphatic hydroxyl groups excluding tert-OH is 1. The maximum Gasteiger partial charge on any atom is 0.269 e. The molecule has 1 aromatic rings. The number of hydrogen-bond acceptors (Lipinski definition) is 6. The lowest BCUT2D eigenvalue weighted by Gasteiger charge is -2.62. The zero-order valence-corrected chi connectivity index (χ0v) is 18.6. The topological polar surface area (TPSA) is 111 Å². The number of carbonyl (C=O) groups is 1. The molecule has 8 heteroatoms. The Bertz CT molecular complexity index is 797. The molecule has 0 spiro atoms. The molecule has 0 aromatic heterocycles. The van der Waals surface area contributed by atoms with Gasteiger partial charge in [-0.1, -0.05) is 12.1 Å². The molecule has 4 bridgehead atoms. The van der Waals surface area contributed by atoms with Crippen LogP contribution in [0.1, 0.15) is 50.5 Å².